The van der Waals surface area contributed by atoms with Gasteiger partial charge in [-0.2, -0.15) is 4.76 Å². The Morgan fingerprint density at radius 2 is 2.22 bits per heavy atom. The van der Waals surface area contributed by atoms with Crippen molar-refractivity contribution in [2.24, 2.45) is 4.76 Å². The molecule has 0 radical (unpaired) electrons. The molecule has 1 atom stereocenters. The van der Waals surface area contributed by atoms with Gasteiger partial charge in [-0.15, -0.1) is 0 Å². The normalized spacial score (nSPS) is 12.9. The number of isocyanates is 1. The number of rotatable bonds is 3. The molecular formula is C6H12NOP. The maximum absolute atomic E-state index is 9.80. The first-order chi connectivity index (χ1) is 4.22. The van der Waals surface area contributed by atoms with E-state index in [1.807, 2.05) is 6.92 Å². The van der Waals surface area contributed by atoms with Gasteiger partial charge in [0.1, 0.15) is 0 Å². The number of nitrogens with zero attached hydrogens (tertiary/aromatic N) is 1. The molecule has 9 heavy (non-hydrogen) atoms. The van der Waals surface area contributed by atoms with Crippen LogP contribution in [0.3, 0.4) is 0 Å². The van der Waals surface area contributed by atoms with Gasteiger partial charge in [0.15, 0.2) is 0 Å². The van der Waals surface area contributed by atoms with Gasteiger partial charge in [-0.1, -0.05) is 20.8 Å². The van der Waals surface area contributed by atoms with Crippen molar-refractivity contribution in [1.82, 2.24) is 0 Å². The molecular weight excluding hydrogens is 133 g/mol. The molecule has 52 valence electrons. The van der Waals surface area contributed by atoms with E-state index < -0.39 is 8.07 Å². The SMILES string of the molecule is CCP(N=C=O)C(C)C. The van der Waals surface area contributed by atoms with Gasteiger partial charge >= 0.3 is 0 Å². The molecule has 0 aromatic carbocycles. The molecule has 0 fully saturated rings. The third-order valence-electron chi connectivity index (χ3n) is 1.09. The zero-order chi connectivity index (χ0) is 7.28. The van der Waals surface area contributed by atoms with E-state index in [4.69, 9.17) is 0 Å². The third-order valence-corrected chi connectivity index (χ3v) is 3.27. The Balaban J connectivity index is 3.82. The Bertz CT molecular complexity index is 118. The average Bonchev–Trinajstić information content (AvgIpc) is 1.82. The molecule has 0 saturated heterocycles. The molecule has 0 aliphatic heterocycles. The molecule has 0 aromatic heterocycles. The van der Waals surface area contributed by atoms with Crippen LogP contribution in [0.4, 0.5) is 0 Å². The Morgan fingerprint density at radius 3 is 2.33 bits per heavy atom. The van der Waals surface area contributed by atoms with E-state index in [1.165, 1.54) is 0 Å². The topological polar surface area (TPSA) is 29.4 Å². The van der Waals surface area contributed by atoms with Crippen LogP contribution in [0.25, 0.3) is 0 Å². The average molecular weight is 145 g/mol. The fraction of sp³-hybridized carbons (Fsp3) is 0.833. The second kappa shape index (κ2) is 4.67. The van der Waals surface area contributed by atoms with Crippen LogP contribution >= 0.6 is 8.07 Å². The highest BCUT2D eigenvalue weighted by Crippen LogP contribution is 2.40. The fourth-order valence-corrected chi connectivity index (χ4v) is 1.81. The van der Waals surface area contributed by atoms with Gasteiger partial charge in [0, 0.05) is 8.07 Å². The second-order valence-corrected chi connectivity index (χ2v) is 4.78. The Hall–Kier alpha value is -0.190. The third kappa shape index (κ3) is 3.40. The Kier molecular flexibility index (Phi) is 4.57. The summed E-state index contributed by atoms with van der Waals surface area (Å²) in [4.78, 5) is 9.80. The quantitative estimate of drug-likeness (QED) is 0.340. The molecule has 0 heterocycles. The minimum Gasteiger partial charge on any atom is -0.211 e. The van der Waals surface area contributed by atoms with Crippen LogP contribution in [-0.4, -0.2) is 17.9 Å². The highest BCUT2D eigenvalue weighted by molar-refractivity contribution is 7.57. The minimum atomic E-state index is -0.416. The molecule has 3 heteroatoms. The Morgan fingerprint density at radius 1 is 1.67 bits per heavy atom. The maximum Gasteiger partial charge on any atom is 0.238 e. The van der Waals surface area contributed by atoms with Crippen LogP contribution in [0.15, 0.2) is 4.76 Å². The first-order valence-electron chi connectivity index (χ1n) is 3.06. The summed E-state index contributed by atoms with van der Waals surface area (Å²) >= 11 is 0. The summed E-state index contributed by atoms with van der Waals surface area (Å²) < 4.78 is 3.70. The first-order valence-corrected chi connectivity index (χ1v) is 4.61. The van der Waals surface area contributed by atoms with Gasteiger partial charge in [-0.3, -0.25) is 0 Å². The number of carbonyl (C=O) groups excluding carboxylic acids is 1. The van der Waals surface area contributed by atoms with E-state index in [0.717, 1.165) is 6.16 Å². The van der Waals surface area contributed by atoms with E-state index in [1.54, 1.807) is 6.08 Å². The molecule has 0 aliphatic carbocycles. The van der Waals surface area contributed by atoms with Crippen LogP contribution in [0.1, 0.15) is 20.8 Å². The van der Waals surface area contributed by atoms with Gasteiger partial charge in [0.05, 0.1) is 0 Å². The fourth-order valence-electron chi connectivity index (χ4n) is 0.604. The largest absolute Gasteiger partial charge is 0.238 e. The smallest absolute Gasteiger partial charge is 0.211 e. The van der Waals surface area contributed by atoms with Crippen LogP contribution in [0.5, 0.6) is 0 Å². The molecule has 0 aliphatic rings. The Labute approximate surface area is 57.2 Å². The van der Waals surface area contributed by atoms with Crippen molar-refractivity contribution in [1.29, 1.82) is 0 Å². The van der Waals surface area contributed by atoms with E-state index in [2.05, 4.69) is 18.6 Å². The molecule has 2 nitrogen and oxygen atoms in total. The van der Waals surface area contributed by atoms with Crippen molar-refractivity contribution in [3.63, 3.8) is 0 Å². The van der Waals surface area contributed by atoms with Crippen molar-refractivity contribution in [3.8, 4) is 0 Å². The van der Waals surface area contributed by atoms with Crippen molar-refractivity contribution < 1.29 is 4.79 Å². The highest BCUT2D eigenvalue weighted by atomic mass is 31.1. The lowest BCUT2D eigenvalue weighted by Crippen LogP contribution is -1.91. The maximum atomic E-state index is 9.80. The van der Waals surface area contributed by atoms with Gasteiger partial charge < -0.3 is 0 Å². The summed E-state index contributed by atoms with van der Waals surface area (Å²) in [5.41, 5.74) is 0.520. The zero-order valence-electron chi connectivity index (χ0n) is 6.09. The number of hydrogen-bond donors (Lipinski definition) is 0. The van der Waals surface area contributed by atoms with E-state index in [-0.39, 0.29) is 0 Å². The molecule has 0 bridgehead atoms. The summed E-state index contributed by atoms with van der Waals surface area (Å²) in [6, 6.07) is 0. The molecule has 1 unspecified atom stereocenters. The van der Waals surface area contributed by atoms with Gasteiger partial charge in [0.2, 0.25) is 6.08 Å². The summed E-state index contributed by atoms with van der Waals surface area (Å²) in [5.74, 6) is 0. The van der Waals surface area contributed by atoms with Gasteiger partial charge in [-0.05, 0) is 11.8 Å². The lowest BCUT2D eigenvalue weighted by molar-refractivity contribution is 0.566. The highest BCUT2D eigenvalue weighted by Gasteiger charge is 2.07. The minimum absolute atomic E-state index is 0.416. The van der Waals surface area contributed by atoms with Crippen molar-refractivity contribution >= 4 is 14.2 Å². The molecule has 0 amide bonds. The van der Waals surface area contributed by atoms with Crippen LogP contribution < -0.4 is 0 Å². The summed E-state index contributed by atoms with van der Waals surface area (Å²) in [6.45, 7) is 6.21. The molecule has 0 spiro atoms. The van der Waals surface area contributed by atoms with Gasteiger partial charge in [0.25, 0.3) is 0 Å². The van der Waals surface area contributed by atoms with Crippen LogP contribution in [0.2, 0.25) is 0 Å². The molecule has 0 saturated carbocycles. The molecule has 0 rings (SSSR count). The zero-order valence-corrected chi connectivity index (χ0v) is 6.98. The van der Waals surface area contributed by atoms with E-state index >= 15 is 0 Å². The molecule has 0 aromatic rings. The van der Waals surface area contributed by atoms with Crippen molar-refractivity contribution in [3.05, 3.63) is 0 Å². The second-order valence-electron chi connectivity index (χ2n) is 2.04. The van der Waals surface area contributed by atoms with E-state index in [0.29, 0.717) is 5.66 Å². The monoisotopic (exact) mass is 145 g/mol. The van der Waals surface area contributed by atoms with E-state index in [9.17, 15) is 4.79 Å². The lowest BCUT2D eigenvalue weighted by Gasteiger charge is -2.09. The summed E-state index contributed by atoms with van der Waals surface area (Å²) in [6.07, 6.45) is 2.59. The van der Waals surface area contributed by atoms with Crippen molar-refractivity contribution in [2.45, 2.75) is 26.4 Å². The summed E-state index contributed by atoms with van der Waals surface area (Å²) in [7, 11) is -0.416. The van der Waals surface area contributed by atoms with Crippen LogP contribution in [0, 0.1) is 0 Å². The van der Waals surface area contributed by atoms with Crippen molar-refractivity contribution in [2.75, 3.05) is 6.16 Å². The predicted octanol–water partition coefficient (Wildman–Crippen LogP) is 2.15. The standard InChI is InChI=1S/C6H12NOP/c1-4-9(6(2)3)7-5-8/h6H,4H2,1-3H3. The van der Waals surface area contributed by atoms with Crippen LogP contribution in [-0.2, 0) is 4.79 Å². The number of hydrogen-bond acceptors (Lipinski definition) is 2. The molecule has 0 N–H and O–H groups in total. The summed E-state index contributed by atoms with van der Waals surface area (Å²) in [5, 5.41) is 0. The first kappa shape index (κ1) is 8.81. The van der Waals surface area contributed by atoms with Gasteiger partial charge in [-0.25, -0.2) is 4.79 Å². The lowest BCUT2D eigenvalue weighted by atomic mass is 10.6. The predicted molar refractivity (Wildman–Crippen MR) is 40.7 cm³/mol.